The molecule has 2 aromatic rings. The topological polar surface area (TPSA) is 79.5 Å². The van der Waals surface area contributed by atoms with Crippen LogP contribution in [-0.2, 0) is 4.79 Å². The Hall–Kier alpha value is -2.45. The van der Waals surface area contributed by atoms with E-state index < -0.39 is 0 Å². The zero-order valence-corrected chi connectivity index (χ0v) is 18.1. The van der Waals surface area contributed by atoms with Crippen molar-refractivity contribution in [3.63, 3.8) is 0 Å². The van der Waals surface area contributed by atoms with Gasteiger partial charge in [0.15, 0.2) is 5.11 Å². The number of nitrogens with one attached hydrogen (secondary N) is 3. The molecule has 0 saturated carbocycles. The number of unbranched alkanes of at least 4 members (excludes halogenated alkanes) is 1. The molecule has 0 aliphatic heterocycles. The van der Waals surface area contributed by atoms with Gasteiger partial charge < -0.3 is 15.4 Å². The fourth-order valence-corrected chi connectivity index (χ4v) is 2.97. The second-order valence-corrected chi connectivity index (χ2v) is 7.28. The molecule has 148 valence electrons. The van der Waals surface area contributed by atoms with Crippen LogP contribution in [0.5, 0.6) is 5.75 Å². The highest BCUT2D eigenvalue weighted by Gasteiger charge is 2.11. The molecule has 6 nitrogen and oxygen atoms in total. The Morgan fingerprint density at radius 2 is 1.71 bits per heavy atom. The van der Waals surface area contributed by atoms with Crippen LogP contribution in [0, 0.1) is 0 Å². The molecule has 0 aliphatic rings. The quantitative estimate of drug-likeness (QED) is 0.409. The Morgan fingerprint density at radius 1 is 1.07 bits per heavy atom. The van der Waals surface area contributed by atoms with Crippen LogP contribution in [0.1, 0.15) is 37.0 Å². The third kappa shape index (κ3) is 6.94. The Labute approximate surface area is 178 Å². The Kier molecular flexibility index (Phi) is 8.41. The van der Waals surface area contributed by atoms with Crippen LogP contribution in [0.2, 0.25) is 0 Å². The van der Waals surface area contributed by atoms with E-state index in [-0.39, 0.29) is 16.9 Å². The number of hydrogen-bond acceptors (Lipinski definition) is 4. The zero-order valence-electron chi connectivity index (χ0n) is 15.7. The van der Waals surface area contributed by atoms with Crippen molar-refractivity contribution in [2.45, 2.75) is 26.7 Å². The minimum atomic E-state index is -0.326. The lowest BCUT2D eigenvalue weighted by atomic mass is 10.2. The molecule has 28 heavy (non-hydrogen) atoms. The predicted octanol–water partition coefficient (Wildman–Crippen LogP) is 4.71. The van der Waals surface area contributed by atoms with E-state index in [9.17, 15) is 9.59 Å². The molecule has 0 saturated heterocycles. The highest BCUT2D eigenvalue weighted by Crippen LogP contribution is 2.26. The first-order valence-corrected chi connectivity index (χ1v) is 10.0. The largest absolute Gasteiger partial charge is 0.492 e. The number of halogens is 1. The van der Waals surface area contributed by atoms with Gasteiger partial charge in [-0.25, -0.2) is 0 Å². The molecule has 0 heterocycles. The van der Waals surface area contributed by atoms with Gasteiger partial charge in [-0.3, -0.25) is 14.9 Å². The molecule has 8 heteroatoms. The van der Waals surface area contributed by atoms with Gasteiger partial charge in [0.05, 0.1) is 11.1 Å². The summed E-state index contributed by atoms with van der Waals surface area (Å²) in [5.74, 6) is 0.231. The average Bonchev–Trinajstić information content (AvgIpc) is 2.64. The summed E-state index contributed by atoms with van der Waals surface area (Å²) >= 11 is 8.62. The van der Waals surface area contributed by atoms with Gasteiger partial charge in [-0.15, -0.1) is 0 Å². The summed E-state index contributed by atoms with van der Waals surface area (Å²) < 4.78 is 6.37. The highest BCUT2D eigenvalue weighted by atomic mass is 79.9. The van der Waals surface area contributed by atoms with Crippen LogP contribution in [-0.4, -0.2) is 23.5 Å². The van der Waals surface area contributed by atoms with E-state index in [4.69, 9.17) is 17.0 Å². The van der Waals surface area contributed by atoms with Crippen molar-refractivity contribution in [3.8, 4) is 5.75 Å². The lowest BCUT2D eigenvalue weighted by molar-refractivity contribution is -0.114. The molecule has 0 spiro atoms. The maximum Gasteiger partial charge on any atom is 0.257 e. The van der Waals surface area contributed by atoms with Crippen molar-refractivity contribution in [2.75, 3.05) is 17.2 Å². The first-order valence-electron chi connectivity index (χ1n) is 8.81. The number of benzene rings is 2. The van der Waals surface area contributed by atoms with Gasteiger partial charge in [0.25, 0.3) is 5.91 Å². The minimum Gasteiger partial charge on any atom is -0.492 e. The Balaban J connectivity index is 1.92. The molecule has 0 aliphatic carbocycles. The molecule has 0 aromatic heterocycles. The predicted molar refractivity (Wildman–Crippen MR) is 119 cm³/mol. The normalized spacial score (nSPS) is 10.1. The van der Waals surface area contributed by atoms with Crippen molar-refractivity contribution < 1.29 is 14.3 Å². The fourth-order valence-electron chi connectivity index (χ4n) is 2.26. The molecule has 2 aromatic carbocycles. The number of thiocarbonyl (C=S) groups is 1. The number of amides is 2. The van der Waals surface area contributed by atoms with Crippen LogP contribution in [0.3, 0.4) is 0 Å². The van der Waals surface area contributed by atoms with Gasteiger partial charge in [0.1, 0.15) is 5.75 Å². The van der Waals surface area contributed by atoms with Crippen LogP contribution < -0.4 is 20.7 Å². The smallest absolute Gasteiger partial charge is 0.257 e. The van der Waals surface area contributed by atoms with Crippen molar-refractivity contribution in [3.05, 3.63) is 52.5 Å². The molecule has 0 fully saturated rings. The SMILES string of the molecule is CCCCOc1ccc(C(=O)NC(=S)Nc2ccc(NC(C)=O)cc2)cc1Br. The molecule has 3 N–H and O–H groups in total. The number of rotatable bonds is 7. The van der Waals surface area contributed by atoms with Gasteiger partial charge in [-0.1, -0.05) is 13.3 Å². The van der Waals surface area contributed by atoms with E-state index >= 15 is 0 Å². The lowest BCUT2D eigenvalue weighted by Gasteiger charge is -2.12. The first kappa shape index (κ1) is 21.8. The maximum atomic E-state index is 12.4. The first-order chi connectivity index (χ1) is 13.4. The minimum absolute atomic E-state index is 0.142. The van der Waals surface area contributed by atoms with Crippen molar-refractivity contribution >= 4 is 56.4 Å². The molecule has 2 amide bonds. The summed E-state index contributed by atoms with van der Waals surface area (Å²) in [5, 5.41) is 8.43. The maximum absolute atomic E-state index is 12.4. The molecule has 0 radical (unpaired) electrons. The molecular weight excluding hydrogens is 442 g/mol. The standard InChI is InChI=1S/C20H22BrN3O3S/c1-3-4-11-27-18-10-5-14(12-17(18)21)19(26)24-20(28)23-16-8-6-15(7-9-16)22-13(2)25/h5-10,12H,3-4,11H2,1-2H3,(H,22,25)(H2,23,24,26,28). The van der Waals surface area contributed by atoms with Crippen molar-refractivity contribution in [1.29, 1.82) is 0 Å². The van der Waals surface area contributed by atoms with E-state index in [1.165, 1.54) is 6.92 Å². The van der Waals surface area contributed by atoms with Crippen LogP contribution in [0.4, 0.5) is 11.4 Å². The summed E-state index contributed by atoms with van der Waals surface area (Å²) in [6.45, 7) is 4.18. The highest BCUT2D eigenvalue weighted by molar-refractivity contribution is 9.10. The monoisotopic (exact) mass is 463 g/mol. The van der Waals surface area contributed by atoms with E-state index in [0.717, 1.165) is 12.8 Å². The molecule has 0 atom stereocenters. The van der Waals surface area contributed by atoms with Gasteiger partial charge in [-0.2, -0.15) is 0 Å². The summed E-state index contributed by atoms with van der Waals surface area (Å²) in [5.41, 5.74) is 1.83. The second kappa shape index (κ2) is 10.8. The number of anilines is 2. The van der Waals surface area contributed by atoms with Gasteiger partial charge in [0, 0.05) is 23.9 Å². The lowest BCUT2D eigenvalue weighted by Crippen LogP contribution is -2.34. The van der Waals surface area contributed by atoms with Crippen LogP contribution >= 0.6 is 28.1 Å². The summed E-state index contributed by atoms with van der Waals surface area (Å²) in [6, 6.07) is 12.1. The van der Waals surface area contributed by atoms with Crippen molar-refractivity contribution in [1.82, 2.24) is 5.32 Å². The van der Waals surface area contributed by atoms with E-state index in [0.29, 0.717) is 33.8 Å². The number of carbonyl (C=O) groups excluding carboxylic acids is 2. The summed E-state index contributed by atoms with van der Waals surface area (Å²) in [7, 11) is 0. The third-order valence-corrected chi connectivity index (χ3v) is 4.46. The van der Waals surface area contributed by atoms with Crippen LogP contribution in [0.25, 0.3) is 0 Å². The molecular formula is C20H22BrN3O3S. The number of carbonyl (C=O) groups is 2. The van der Waals surface area contributed by atoms with Crippen LogP contribution in [0.15, 0.2) is 46.9 Å². The average molecular weight is 464 g/mol. The molecule has 2 rings (SSSR count). The van der Waals surface area contributed by atoms with E-state index in [2.05, 4.69) is 38.8 Å². The van der Waals surface area contributed by atoms with Gasteiger partial charge in [0.2, 0.25) is 5.91 Å². The number of ether oxygens (including phenoxy) is 1. The Morgan fingerprint density at radius 3 is 2.29 bits per heavy atom. The Bertz CT molecular complexity index is 856. The van der Waals surface area contributed by atoms with E-state index in [1.807, 2.05) is 0 Å². The fraction of sp³-hybridized carbons (Fsp3) is 0.250. The number of hydrogen-bond donors (Lipinski definition) is 3. The summed E-state index contributed by atoms with van der Waals surface area (Å²) in [4.78, 5) is 23.4. The third-order valence-electron chi connectivity index (χ3n) is 3.64. The molecule has 0 unspecified atom stereocenters. The van der Waals surface area contributed by atoms with Crippen molar-refractivity contribution in [2.24, 2.45) is 0 Å². The molecule has 0 bridgehead atoms. The van der Waals surface area contributed by atoms with Gasteiger partial charge in [-0.05, 0) is 77.0 Å². The summed E-state index contributed by atoms with van der Waals surface area (Å²) in [6.07, 6.45) is 2.03. The zero-order chi connectivity index (χ0) is 20.5. The van der Waals surface area contributed by atoms with E-state index in [1.54, 1.807) is 42.5 Å². The van der Waals surface area contributed by atoms with Gasteiger partial charge >= 0.3 is 0 Å². The second-order valence-electron chi connectivity index (χ2n) is 6.01.